The molecule has 0 radical (unpaired) electrons. The molecule has 142 valence electrons. The summed E-state index contributed by atoms with van der Waals surface area (Å²) in [5.41, 5.74) is 2.37. The Morgan fingerprint density at radius 1 is 0.889 bits per heavy atom. The second kappa shape index (κ2) is 9.42. The maximum atomic E-state index is 12.1. The standard InChI is InChI=1S/C21H24ClN3O2/c22-17-7-5-16(6-8-17)21(27)23-15-20(26)24-18-9-11-19(12-10-18)25-13-3-1-2-4-14-25/h5-12H,1-4,13-15H2,(H,23,27)(H,24,26). The Kier molecular flexibility index (Phi) is 6.71. The van der Waals surface area contributed by atoms with E-state index in [1.54, 1.807) is 24.3 Å². The number of nitrogens with one attached hydrogen (secondary N) is 2. The second-order valence-corrected chi connectivity index (χ2v) is 7.12. The Balaban J connectivity index is 1.48. The van der Waals surface area contributed by atoms with Crippen LogP contribution >= 0.6 is 11.6 Å². The summed E-state index contributed by atoms with van der Waals surface area (Å²) in [4.78, 5) is 26.5. The van der Waals surface area contributed by atoms with Crippen LogP contribution in [0.4, 0.5) is 11.4 Å². The van der Waals surface area contributed by atoms with Gasteiger partial charge in [0.25, 0.3) is 5.91 Å². The third-order valence-corrected chi connectivity index (χ3v) is 4.89. The molecule has 1 aliphatic heterocycles. The molecule has 0 spiro atoms. The van der Waals surface area contributed by atoms with Crippen molar-refractivity contribution >= 4 is 34.8 Å². The van der Waals surface area contributed by atoms with Crippen LogP contribution in [0.5, 0.6) is 0 Å². The number of carbonyl (C=O) groups excluding carboxylic acids is 2. The first-order chi connectivity index (χ1) is 13.1. The molecule has 5 nitrogen and oxygen atoms in total. The fraction of sp³-hybridized carbons (Fsp3) is 0.333. The van der Waals surface area contributed by atoms with E-state index in [0.717, 1.165) is 18.8 Å². The Hall–Kier alpha value is -2.53. The molecule has 1 aliphatic rings. The fourth-order valence-corrected chi connectivity index (χ4v) is 3.28. The number of anilines is 2. The number of carbonyl (C=O) groups is 2. The first kappa shape index (κ1) is 19.2. The van der Waals surface area contributed by atoms with Gasteiger partial charge in [0.05, 0.1) is 6.54 Å². The van der Waals surface area contributed by atoms with Gasteiger partial charge in [-0.3, -0.25) is 9.59 Å². The molecule has 1 fully saturated rings. The van der Waals surface area contributed by atoms with E-state index in [2.05, 4.69) is 15.5 Å². The highest BCUT2D eigenvalue weighted by Gasteiger charge is 2.11. The molecule has 27 heavy (non-hydrogen) atoms. The fourth-order valence-electron chi connectivity index (χ4n) is 3.15. The summed E-state index contributed by atoms with van der Waals surface area (Å²) in [6.07, 6.45) is 5.05. The van der Waals surface area contributed by atoms with Gasteiger partial charge in [-0.05, 0) is 61.4 Å². The lowest BCUT2D eigenvalue weighted by molar-refractivity contribution is -0.115. The van der Waals surface area contributed by atoms with Crippen molar-refractivity contribution in [2.75, 3.05) is 29.9 Å². The van der Waals surface area contributed by atoms with Crippen LogP contribution in [0.1, 0.15) is 36.0 Å². The molecule has 0 unspecified atom stereocenters. The van der Waals surface area contributed by atoms with Crippen molar-refractivity contribution in [3.05, 3.63) is 59.1 Å². The molecule has 2 N–H and O–H groups in total. The van der Waals surface area contributed by atoms with E-state index in [1.165, 1.54) is 31.4 Å². The van der Waals surface area contributed by atoms with Crippen molar-refractivity contribution in [1.29, 1.82) is 0 Å². The zero-order valence-electron chi connectivity index (χ0n) is 15.2. The van der Waals surface area contributed by atoms with Gasteiger partial charge in [0.1, 0.15) is 0 Å². The van der Waals surface area contributed by atoms with E-state index >= 15 is 0 Å². The number of hydrogen-bond donors (Lipinski definition) is 2. The van der Waals surface area contributed by atoms with E-state index in [-0.39, 0.29) is 18.4 Å². The zero-order chi connectivity index (χ0) is 19.1. The van der Waals surface area contributed by atoms with E-state index in [4.69, 9.17) is 11.6 Å². The van der Waals surface area contributed by atoms with Crippen LogP contribution in [-0.2, 0) is 4.79 Å². The van der Waals surface area contributed by atoms with Crippen molar-refractivity contribution in [3.63, 3.8) is 0 Å². The molecule has 0 bridgehead atoms. The molecule has 0 saturated carbocycles. The molecule has 1 heterocycles. The first-order valence-electron chi connectivity index (χ1n) is 9.30. The van der Waals surface area contributed by atoms with Crippen molar-refractivity contribution in [1.82, 2.24) is 5.32 Å². The Bertz CT molecular complexity index is 767. The highest BCUT2D eigenvalue weighted by Crippen LogP contribution is 2.21. The summed E-state index contributed by atoms with van der Waals surface area (Å²) in [5.74, 6) is -0.571. The van der Waals surface area contributed by atoms with Crippen LogP contribution in [0.3, 0.4) is 0 Å². The van der Waals surface area contributed by atoms with Crippen LogP contribution in [0.25, 0.3) is 0 Å². The number of amides is 2. The predicted molar refractivity (Wildman–Crippen MR) is 110 cm³/mol. The Labute approximate surface area is 164 Å². The van der Waals surface area contributed by atoms with E-state index in [0.29, 0.717) is 10.6 Å². The van der Waals surface area contributed by atoms with Gasteiger partial charge in [0.15, 0.2) is 0 Å². The van der Waals surface area contributed by atoms with Crippen LogP contribution in [0, 0.1) is 0 Å². The molecule has 2 aromatic rings. The molecule has 2 amide bonds. The minimum absolute atomic E-state index is 0.0880. The molecule has 3 rings (SSSR count). The van der Waals surface area contributed by atoms with Crippen LogP contribution in [-0.4, -0.2) is 31.4 Å². The van der Waals surface area contributed by atoms with Gasteiger partial charge >= 0.3 is 0 Å². The van der Waals surface area contributed by atoms with Gasteiger partial charge in [-0.15, -0.1) is 0 Å². The number of hydrogen-bond acceptors (Lipinski definition) is 3. The highest BCUT2D eigenvalue weighted by atomic mass is 35.5. The van der Waals surface area contributed by atoms with Gasteiger partial charge in [0.2, 0.25) is 5.91 Å². The second-order valence-electron chi connectivity index (χ2n) is 6.69. The predicted octanol–water partition coefficient (Wildman–Crippen LogP) is 4.09. The summed E-state index contributed by atoms with van der Waals surface area (Å²) in [5, 5.41) is 5.98. The number of halogens is 1. The van der Waals surface area contributed by atoms with Gasteiger partial charge in [0, 0.05) is 35.1 Å². The molecule has 0 aliphatic carbocycles. The summed E-state index contributed by atoms with van der Waals surface area (Å²) < 4.78 is 0. The van der Waals surface area contributed by atoms with Gasteiger partial charge in [-0.1, -0.05) is 24.4 Å². The average Bonchev–Trinajstić information content (AvgIpc) is 2.97. The van der Waals surface area contributed by atoms with Crippen molar-refractivity contribution in [2.45, 2.75) is 25.7 Å². The largest absolute Gasteiger partial charge is 0.372 e. The number of nitrogens with zero attached hydrogens (tertiary/aromatic N) is 1. The maximum absolute atomic E-state index is 12.1. The molecular formula is C21H24ClN3O2. The van der Waals surface area contributed by atoms with Crippen LogP contribution < -0.4 is 15.5 Å². The smallest absolute Gasteiger partial charge is 0.251 e. The molecule has 1 saturated heterocycles. The van der Waals surface area contributed by atoms with Gasteiger partial charge < -0.3 is 15.5 Å². The van der Waals surface area contributed by atoms with Gasteiger partial charge in [-0.25, -0.2) is 0 Å². The summed E-state index contributed by atoms with van der Waals surface area (Å²) in [6.45, 7) is 2.08. The molecular weight excluding hydrogens is 362 g/mol. The summed E-state index contributed by atoms with van der Waals surface area (Å²) in [7, 11) is 0. The van der Waals surface area contributed by atoms with E-state index in [1.807, 2.05) is 24.3 Å². The molecule has 0 atom stereocenters. The van der Waals surface area contributed by atoms with E-state index in [9.17, 15) is 9.59 Å². The lowest BCUT2D eigenvalue weighted by Gasteiger charge is -2.22. The normalized spacial score (nSPS) is 14.3. The lowest BCUT2D eigenvalue weighted by atomic mass is 10.2. The molecule has 0 aromatic heterocycles. The minimum atomic E-state index is -0.307. The quantitative estimate of drug-likeness (QED) is 0.814. The first-order valence-corrected chi connectivity index (χ1v) is 9.68. The molecule has 6 heteroatoms. The molecule has 2 aromatic carbocycles. The average molecular weight is 386 g/mol. The monoisotopic (exact) mass is 385 g/mol. The Morgan fingerprint density at radius 3 is 2.15 bits per heavy atom. The van der Waals surface area contributed by atoms with Crippen LogP contribution in [0.15, 0.2) is 48.5 Å². The zero-order valence-corrected chi connectivity index (χ0v) is 16.0. The van der Waals surface area contributed by atoms with Crippen molar-refractivity contribution in [2.24, 2.45) is 0 Å². The summed E-state index contributed by atoms with van der Waals surface area (Å²) >= 11 is 5.80. The van der Waals surface area contributed by atoms with Gasteiger partial charge in [-0.2, -0.15) is 0 Å². The Morgan fingerprint density at radius 2 is 1.52 bits per heavy atom. The number of rotatable bonds is 5. The third kappa shape index (κ3) is 5.73. The van der Waals surface area contributed by atoms with Crippen molar-refractivity contribution in [3.8, 4) is 0 Å². The van der Waals surface area contributed by atoms with Crippen LogP contribution in [0.2, 0.25) is 5.02 Å². The number of benzene rings is 2. The SMILES string of the molecule is O=C(CNC(=O)c1ccc(Cl)cc1)Nc1ccc(N2CCCCCC2)cc1. The van der Waals surface area contributed by atoms with E-state index < -0.39 is 0 Å². The highest BCUT2D eigenvalue weighted by molar-refractivity contribution is 6.30. The van der Waals surface area contributed by atoms with Crippen molar-refractivity contribution < 1.29 is 9.59 Å². The summed E-state index contributed by atoms with van der Waals surface area (Å²) in [6, 6.07) is 14.4. The lowest BCUT2D eigenvalue weighted by Crippen LogP contribution is -2.32. The topological polar surface area (TPSA) is 61.4 Å². The third-order valence-electron chi connectivity index (χ3n) is 4.64. The minimum Gasteiger partial charge on any atom is -0.372 e. The maximum Gasteiger partial charge on any atom is 0.251 e.